The number of amides is 1. The fourth-order valence-electron chi connectivity index (χ4n) is 1.49. The molecule has 0 spiro atoms. The van der Waals surface area contributed by atoms with Crippen molar-refractivity contribution < 1.29 is 4.79 Å². The minimum atomic E-state index is -0.370. The van der Waals surface area contributed by atoms with Crippen LogP contribution in [0, 0.1) is 10.8 Å². The van der Waals surface area contributed by atoms with E-state index in [4.69, 9.17) is 5.73 Å². The number of carbonyl (C=O) groups excluding carboxylic acids is 1. The Kier molecular flexibility index (Phi) is 5.29. The molecule has 1 amide bonds. The van der Waals surface area contributed by atoms with Crippen LogP contribution in [0.1, 0.15) is 47.5 Å². The Bertz CT molecular complexity index is 194. The third-order valence-electron chi connectivity index (χ3n) is 3.01. The molecule has 0 bridgehead atoms. The zero-order chi connectivity index (χ0) is 12.1. The Morgan fingerprint density at radius 1 is 1.20 bits per heavy atom. The van der Waals surface area contributed by atoms with Gasteiger partial charge in [0.05, 0.1) is 5.41 Å². The summed E-state index contributed by atoms with van der Waals surface area (Å²) in [7, 11) is 0. The first-order chi connectivity index (χ1) is 6.81. The number of nitrogens with one attached hydrogen (secondary N) is 1. The summed E-state index contributed by atoms with van der Waals surface area (Å²) in [4.78, 5) is 12.0. The lowest BCUT2D eigenvalue weighted by Crippen LogP contribution is -2.47. The van der Waals surface area contributed by atoms with E-state index in [1.165, 1.54) is 0 Å². The maximum atomic E-state index is 12.0. The lowest BCUT2D eigenvalue weighted by molar-refractivity contribution is -0.131. The number of hydrogen-bond donors (Lipinski definition) is 2. The fourth-order valence-corrected chi connectivity index (χ4v) is 1.49. The van der Waals surface area contributed by atoms with Crippen molar-refractivity contribution in [3.8, 4) is 0 Å². The molecule has 3 nitrogen and oxygen atoms in total. The summed E-state index contributed by atoms with van der Waals surface area (Å²) < 4.78 is 0. The molecule has 90 valence electrons. The molecule has 0 atom stereocenters. The van der Waals surface area contributed by atoms with E-state index >= 15 is 0 Å². The molecular formula is C12H26N2O. The van der Waals surface area contributed by atoms with Crippen molar-refractivity contribution in [2.75, 3.05) is 13.1 Å². The second-order valence-corrected chi connectivity index (χ2v) is 5.43. The van der Waals surface area contributed by atoms with Crippen LogP contribution in [0.3, 0.4) is 0 Å². The first-order valence-corrected chi connectivity index (χ1v) is 5.79. The Hall–Kier alpha value is -0.570. The SMILES string of the molecule is CCC(CC)(CN)C(=O)NCC(C)(C)C. The van der Waals surface area contributed by atoms with Gasteiger partial charge in [-0.25, -0.2) is 0 Å². The van der Waals surface area contributed by atoms with Gasteiger partial charge in [0.25, 0.3) is 0 Å². The van der Waals surface area contributed by atoms with Crippen molar-refractivity contribution in [1.29, 1.82) is 0 Å². The number of carbonyl (C=O) groups is 1. The van der Waals surface area contributed by atoms with E-state index < -0.39 is 0 Å². The Morgan fingerprint density at radius 2 is 1.67 bits per heavy atom. The van der Waals surface area contributed by atoms with Crippen LogP contribution >= 0.6 is 0 Å². The van der Waals surface area contributed by atoms with Gasteiger partial charge >= 0.3 is 0 Å². The minimum absolute atomic E-state index is 0.102. The normalized spacial score (nSPS) is 12.7. The molecule has 0 aromatic rings. The highest BCUT2D eigenvalue weighted by molar-refractivity contribution is 5.82. The number of rotatable bonds is 5. The van der Waals surface area contributed by atoms with E-state index in [2.05, 4.69) is 26.1 Å². The molecule has 0 saturated heterocycles. The Balaban J connectivity index is 4.40. The number of hydrogen-bond acceptors (Lipinski definition) is 2. The predicted octanol–water partition coefficient (Wildman–Crippen LogP) is 1.91. The van der Waals surface area contributed by atoms with Gasteiger partial charge in [0.2, 0.25) is 5.91 Å². The summed E-state index contributed by atoms with van der Waals surface area (Å²) in [6.45, 7) is 11.5. The van der Waals surface area contributed by atoms with Gasteiger partial charge in [0.15, 0.2) is 0 Å². The highest BCUT2D eigenvalue weighted by Crippen LogP contribution is 2.25. The molecule has 0 aromatic carbocycles. The zero-order valence-corrected chi connectivity index (χ0v) is 10.8. The summed E-state index contributed by atoms with van der Waals surface area (Å²) in [5, 5.41) is 3.00. The molecule has 0 saturated carbocycles. The summed E-state index contributed by atoms with van der Waals surface area (Å²) in [6.07, 6.45) is 1.60. The zero-order valence-electron chi connectivity index (χ0n) is 10.8. The third kappa shape index (κ3) is 4.20. The monoisotopic (exact) mass is 214 g/mol. The molecule has 0 fully saturated rings. The van der Waals surface area contributed by atoms with Crippen LogP contribution in [-0.4, -0.2) is 19.0 Å². The highest BCUT2D eigenvalue weighted by atomic mass is 16.2. The molecule has 3 heteroatoms. The fraction of sp³-hybridized carbons (Fsp3) is 0.917. The van der Waals surface area contributed by atoms with Crippen LogP contribution in [0.5, 0.6) is 0 Å². The first kappa shape index (κ1) is 14.4. The van der Waals surface area contributed by atoms with Crippen LogP contribution in [0.15, 0.2) is 0 Å². The van der Waals surface area contributed by atoms with Gasteiger partial charge in [-0.3, -0.25) is 4.79 Å². The Morgan fingerprint density at radius 3 is 1.93 bits per heavy atom. The van der Waals surface area contributed by atoms with Crippen LogP contribution in [0.2, 0.25) is 0 Å². The van der Waals surface area contributed by atoms with Crippen molar-refractivity contribution in [2.45, 2.75) is 47.5 Å². The van der Waals surface area contributed by atoms with Crippen LogP contribution < -0.4 is 11.1 Å². The van der Waals surface area contributed by atoms with Crippen molar-refractivity contribution >= 4 is 5.91 Å². The van der Waals surface area contributed by atoms with E-state index in [1.807, 2.05) is 13.8 Å². The molecule has 0 unspecified atom stereocenters. The van der Waals surface area contributed by atoms with E-state index in [-0.39, 0.29) is 16.7 Å². The van der Waals surface area contributed by atoms with Gasteiger partial charge in [0, 0.05) is 13.1 Å². The quantitative estimate of drug-likeness (QED) is 0.734. The first-order valence-electron chi connectivity index (χ1n) is 5.79. The molecule has 0 aliphatic carbocycles. The molecule has 0 aromatic heterocycles. The van der Waals surface area contributed by atoms with Crippen molar-refractivity contribution in [3.63, 3.8) is 0 Å². The molecule has 15 heavy (non-hydrogen) atoms. The van der Waals surface area contributed by atoms with E-state index in [1.54, 1.807) is 0 Å². The lowest BCUT2D eigenvalue weighted by atomic mass is 9.81. The lowest BCUT2D eigenvalue weighted by Gasteiger charge is -2.30. The smallest absolute Gasteiger partial charge is 0.227 e. The summed E-state index contributed by atoms with van der Waals surface area (Å²) in [6, 6.07) is 0. The molecule has 0 aliphatic rings. The standard InChI is InChI=1S/C12H26N2O/c1-6-12(7-2,8-13)10(15)14-9-11(3,4)5/h6-9,13H2,1-5H3,(H,14,15). The average molecular weight is 214 g/mol. The predicted molar refractivity (Wildman–Crippen MR) is 64.5 cm³/mol. The van der Waals surface area contributed by atoms with E-state index in [0.29, 0.717) is 13.1 Å². The largest absolute Gasteiger partial charge is 0.355 e. The highest BCUT2D eigenvalue weighted by Gasteiger charge is 2.33. The van der Waals surface area contributed by atoms with E-state index in [9.17, 15) is 4.79 Å². The summed E-state index contributed by atoms with van der Waals surface area (Å²) in [5.41, 5.74) is 5.46. The van der Waals surface area contributed by atoms with Gasteiger partial charge in [0.1, 0.15) is 0 Å². The van der Waals surface area contributed by atoms with Crippen LogP contribution in [-0.2, 0) is 4.79 Å². The topological polar surface area (TPSA) is 55.1 Å². The second-order valence-electron chi connectivity index (χ2n) is 5.43. The molecule has 0 radical (unpaired) electrons. The van der Waals surface area contributed by atoms with Crippen molar-refractivity contribution in [1.82, 2.24) is 5.32 Å². The Labute approximate surface area is 93.8 Å². The van der Waals surface area contributed by atoms with Crippen LogP contribution in [0.25, 0.3) is 0 Å². The third-order valence-corrected chi connectivity index (χ3v) is 3.01. The van der Waals surface area contributed by atoms with Gasteiger partial charge in [-0.1, -0.05) is 34.6 Å². The molecular weight excluding hydrogens is 188 g/mol. The van der Waals surface area contributed by atoms with Gasteiger partial charge in [-0.2, -0.15) is 0 Å². The summed E-state index contributed by atoms with van der Waals surface area (Å²) in [5.74, 6) is 0.102. The molecule has 3 N–H and O–H groups in total. The van der Waals surface area contributed by atoms with Gasteiger partial charge < -0.3 is 11.1 Å². The maximum absolute atomic E-state index is 12.0. The molecule has 0 rings (SSSR count). The van der Waals surface area contributed by atoms with Gasteiger partial charge in [-0.15, -0.1) is 0 Å². The van der Waals surface area contributed by atoms with Crippen molar-refractivity contribution in [2.24, 2.45) is 16.6 Å². The summed E-state index contributed by atoms with van der Waals surface area (Å²) >= 11 is 0. The number of nitrogens with two attached hydrogens (primary N) is 1. The molecule has 0 heterocycles. The van der Waals surface area contributed by atoms with Gasteiger partial charge in [-0.05, 0) is 18.3 Å². The van der Waals surface area contributed by atoms with E-state index in [0.717, 1.165) is 12.8 Å². The van der Waals surface area contributed by atoms with Crippen LogP contribution in [0.4, 0.5) is 0 Å². The molecule has 0 aliphatic heterocycles. The van der Waals surface area contributed by atoms with Crippen molar-refractivity contribution in [3.05, 3.63) is 0 Å². The minimum Gasteiger partial charge on any atom is -0.355 e. The maximum Gasteiger partial charge on any atom is 0.227 e. The average Bonchev–Trinajstić information content (AvgIpc) is 2.17. The second kappa shape index (κ2) is 5.50.